The molecular formula is C13H17N3. The molecule has 1 aromatic rings. The molecule has 0 amide bonds. The van der Waals surface area contributed by atoms with Crippen LogP contribution in [0.15, 0.2) is 18.2 Å². The van der Waals surface area contributed by atoms with E-state index in [4.69, 9.17) is 5.26 Å². The molecule has 84 valence electrons. The highest BCUT2D eigenvalue weighted by molar-refractivity contribution is 5.54. The maximum Gasteiger partial charge on any atom is 0.0991 e. The lowest BCUT2D eigenvalue weighted by atomic mass is 10.1. The zero-order valence-corrected chi connectivity index (χ0v) is 9.83. The predicted octanol–water partition coefficient (Wildman–Crippen LogP) is 1.98. The minimum atomic E-state index is 0.539. The van der Waals surface area contributed by atoms with Gasteiger partial charge in [-0.3, -0.25) is 0 Å². The molecule has 2 rings (SSSR count). The molecule has 3 heteroatoms. The number of nitriles is 1. The summed E-state index contributed by atoms with van der Waals surface area (Å²) in [7, 11) is 2.15. The van der Waals surface area contributed by atoms with Crippen molar-refractivity contribution < 1.29 is 0 Å². The first-order chi connectivity index (χ1) is 7.69. The maximum absolute atomic E-state index is 8.79. The molecule has 16 heavy (non-hydrogen) atoms. The summed E-state index contributed by atoms with van der Waals surface area (Å²) < 4.78 is 0. The molecule has 1 atom stereocenters. The molecule has 1 aliphatic rings. The van der Waals surface area contributed by atoms with Crippen LogP contribution in [0.2, 0.25) is 0 Å². The Morgan fingerprint density at radius 3 is 2.88 bits per heavy atom. The zero-order valence-electron chi connectivity index (χ0n) is 9.83. The van der Waals surface area contributed by atoms with Gasteiger partial charge >= 0.3 is 0 Å². The van der Waals surface area contributed by atoms with Crippen molar-refractivity contribution in [1.29, 1.82) is 5.26 Å². The highest BCUT2D eigenvalue weighted by Gasteiger charge is 2.19. The fourth-order valence-electron chi connectivity index (χ4n) is 2.17. The summed E-state index contributed by atoms with van der Waals surface area (Å²) in [6, 6.07) is 8.50. The Labute approximate surface area is 96.7 Å². The van der Waals surface area contributed by atoms with Crippen LogP contribution in [0.1, 0.15) is 17.5 Å². The van der Waals surface area contributed by atoms with E-state index in [9.17, 15) is 0 Å². The van der Waals surface area contributed by atoms with Crippen molar-refractivity contribution in [3.05, 3.63) is 29.3 Å². The number of benzene rings is 1. The van der Waals surface area contributed by atoms with Crippen LogP contribution >= 0.6 is 0 Å². The summed E-state index contributed by atoms with van der Waals surface area (Å²) in [5.74, 6) is 0. The SMILES string of the molecule is Cc1cc(C#N)ccc1NC1CCN(C)C1. The molecule has 1 saturated heterocycles. The smallest absolute Gasteiger partial charge is 0.0991 e. The van der Waals surface area contributed by atoms with Crippen molar-refractivity contribution in [3.8, 4) is 6.07 Å². The van der Waals surface area contributed by atoms with E-state index >= 15 is 0 Å². The normalized spacial score (nSPS) is 20.7. The number of nitrogens with zero attached hydrogens (tertiary/aromatic N) is 2. The Hall–Kier alpha value is -1.53. The second-order valence-electron chi connectivity index (χ2n) is 4.53. The second kappa shape index (κ2) is 4.54. The standard InChI is InChI=1S/C13H17N3/c1-10-7-11(8-14)3-4-13(10)15-12-5-6-16(2)9-12/h3-4,7,12,15H,5-6,9H2,1-2H3. The van der Waals surface area contributed by atoms with Crippen LogP contribution in [-0.4, -0.2) is 31.1 Å². The number of likely N-dealkylation sites (tertiary alicyclic amines) is 1. The molecule has 3 nitrogen and oxygen atoms in total. The third-order valence-electron chi connectivity index (χ3n) is 3.11. The molecule has 1 heterocycles. The van der Waals surface area contributed by atoms with Crippen LogP contribution in [0, 0.1) is 18.3 Å². The van der Waals surface area contributed by atoms with Crippen LogP contribution in [0.3, 0.4) is 0 Å². The quantitative estimate of drug-likeness (QED) is 0.820. The van der Waals surface area contributed by atoms with Gasteiger partial charge in [-0.15, -0.1) is 0 Å². The van der Waals surface area contributed by atoms with Crippen molar-refractivity contribution in [1.82, 2.24) is 4.90 Å². The van der Waals surface area contributed by atoms with Crippen LogP contribution < -0.4 is 5.32 Å². The van der Waals surface area contributed by atoms with Gasteiger partial charge in [0.05, 0.1) is 11.6 Å². The van der Waals surface area contributed by atoms with E-state index in [0.717, 1.165) is 29.9 Å². The van der Waals surface area contributed by atoms with Crippen molar-refractivity contribution >= 4 is 5.69 Å². The van der Waals surface area contributed by atoms with E-state index in [0.29, 0.717) is 6.04 Å². The Kier molecular flexibility index (Phi) is 3.12. The number of hydrogen-bond acceptors (Lipinski definition) is 3. The summed E-state index contributed by atoms with van der Waals surface area (Å²) in [6.07, 6.45) is 1.19. The van der Waals surface area contributed by atoms with E-state index in [-0.39, 0.29) is 0 Å². The maximum atomic E-state index is 8.79. The highest BCUT2D eigenvalue weighted by atomic mass is 15.2. The molecule has 1 unspecified atom stereocenters. The number of rotatable bonds is 2. The lowest BCUT2D eigenvalue weighted by Gasteiger charge is -2.16. The summed E-state index contributed by atoms with van der Waals surface area (Å²) in [6.45, 7) is 4.30. The molecule has 1 fully saturated rings. The Bertz CT molecular complexity index is 420. The lowest BCUT2D eigenvalue weighted by Crippen LogP contribution is -2.23. The number of aryl methyl sites for hydroxylation is 1. The summed E-state index contributed by atoms with van der Waals surface area (Å²) in [5.41, 5.74) is 3.03. The largest absolute Gasteiger partial charge is 0.381 e. The minimum absolute atomic E-state index is 0.539. The van der Waals surface area contributed by atoms with Crippen LogP contribution in [0.25, 0.3) is 0 Å². The number of nitrogens with one attached hydrogen (secondary N) is 1. The first kappa shape index (κ1) is 11.0. The fourth-order valence-corrected chi connectivity index (χ4v) is 2.17. The van der Waals surface area contributed by atoms with Crippen LogP contribution in [0.4, 0.5) is 5.69 Å². The van der Waals surface area contributed by atoms with Crippen molar-refractivity contribution in [2.45, 2.75) is 19.4 Å². The lowest BCUT2D eigenvalue weighted by molar-refractivity contribution is 0.414. The van der Waals surface area contributed by atoms with E-state index in [1.807, 2.05) is 25.1 Å². The van der Waals surface area contributed by atoms with Gasteiger partial charge in [0.25, 0.3) is 0 Å². The summed E-state index contributed by atoms with van der Waals surface area (Å²) >= 11 is 0. The topological polar surface area (TPSA) is 39.1 Å². The van der Waals surface area contributed by atoms with Crippen molar-refractivity contribution in [2.24, 2.45) is 0 Å². The van der Waals surface area contributed by atoms with Crippen LogP contribution in [0.5, 0.6) is 0 Å². The monoisotopic (exact) mass is 215 g/mol. The van der Waals surface area contributed by atoms with E-state index in [2.05, 4.69) is 23.3 Å². The fraction of sp³-hybridized carbons (Fsp3) is 0.462. The summed E-state index contributed by atoms with van der Waals surface area (Å²) in [4.78, 5) is 2.33. The number of anilines is 1. The van der Waals surface area contributed by atoms with Gasteiger partial charge in [0.2, 0.25) is 0 Å². The Morgan fingerprint density at radius 2 is 2.31 bits per heavy atom. The second-order valence-corrected chi connectivity index (χ2v) is 4.53. The van der Waals surface area contributed by atoms with Gasteiger partial charge in [-0.1, -0.05) is 0 Å². The van der Waals surface area contributed by atoms with E-state index in [1.54, 1.807) is 0 Å². The van der Waals surface area contributed by atoms with Crippen molar-refractivity contribution in [3.63, 3.8) is 0 Å². The third-order valence-corrected chi connectivity index (χ3v) is 3.11. The Balaban J connectivity index is 2.08. The van der Waals surface area contributed by atoms with E-state index < -0.39 is 0 Å². The third kappa shape index (κ3) is 2.34. The molecule has 1 N–H and O–H groups in total. The first-order valence-electron chi connectivity index (χ1n) is 5.65. The van der Waals surface area contributed by atoms with Gasteiger partial charge in [0, 0.05) is 18.3 Å². The minimum Gasteiger partial charge on any atom is -0.381 e. The average molecular weight is 215 g/mol. The van der Waals surface area contributed by atoms with Gasteiger partial charge < -0.3 is 10.2 Å². The highest BCUT2D eigenvalue weighted by Crippen LogP contribution is 2.19. The molecular weight excluding hydrogens is 198 g/mol. The average Bonchev–Trinajstić information content (AvgIpc) is 2.67. The molecule has 0 saturated carbocycles. The zero-order chi connectivity index (χ0) is 11.5. The van der Waals surface area contributed by atoms with Gasteiger partial charge in [0.15, 0.2) is 0 Å². The summed E-state index contributed by atoms with van der Waals surface area (Å²) in [5, 5.41) is 12.3. The van der Waals surface area contributed by atoms with Crippen LogP contribution in [-0.2, 0) is 0 Å². The van der Waals surface area contributed by atoms with Crippen molar-refractivity contribution in [2.75, 3.05) is 25.5 Å². The number of hydrogen-bond donors (Lipinski definition) is 1. The molecule has 0 aromatic heterocycles. The molecule has 0 aliphatic carbocycles. The van der Waals surface area contributed by atoms with Gasteiger partial charge in [-0.25, -0.2) is 0 Å². The Morgan fingerprint density at radius 1 is 1.50 bits per heavy atom. The molecule has 0 radical (unpaired) electrons. The van der Waals surface area contributed by atoms with Gasteiger partial charge in [-0.05, 0) is 50.7 Å². The number of likely N-dealkylation sites (N-methyl/N-ethyl adjacent to an activating group) is 1. The van der Waals surface area contributed by atoms with Gasteiger partial charge in [-0.2, -0.15) is 5.26 Å². The first-order valence-corrected chi connectivity index (χ1v) is 5.65. The predicted molar refractivity (Wildman–Crippen MR) is 65.4 cm³/mol. The molecule has 0 bridgehead atoms. The van der Waals surface area contributed by atoms with Gasteiger partial charge in [0.1, 0.15) is 0 Å². The van der Waals surface area contributed by atoms with E-state index in [1.165, 1.54) is 6.42 Å². The molecule has 0 spiro atoms. The molecule has 1 aliphatic heterocycles. The molecule has 1 aromatic carbocycles.